The fourth-order valence-corrected chi connectivity index (χ4v) is 4.66. The molecule has 27 heavy (non-hydrogen) atoms. The summed E-state index contributed by atoms with van der Waals surface area (Å²) in [6.45, 7) is 4.16. The highest BCUT2D eigenvalue weighted by Gasteiger charge is 2.14. The van der Waals surface area contributed by atoms with Crippen LogP contribution in [0.1, 0.15) is 27.4 Å². The number of para-hydroxylation sites is 1. The third kappa shape index (κ3) is 4.09. The van der Waals surface area contributed by atoms with Gasteiger partial charge in [0.15, 0.2) is 0 Å². The Morgan fingerprint density at radius 3 is 2.56 bits per heavy atom. The van der Waals surface area contributed by atoms with Crippen LogP contribution in [0.4, 0.5) is 0 Å². The lowest BCUT2D eigenvalue weighted by Gasteiger charge is -2.10. The second kappa shape index (κ2) is 8.02. The summed E-state index contributed by atoms with van der Waals surface area (Å²) in [5, 5.41) is 16.3. The van der Waals surface area contributed by atoms with Gasteiger partial charge in [0.2, 0.25) is 5.16 Å². The molecule has 5 nitrogen and oxygen atoms in total. The van der Waals surface area contributed by atoms with E-state index in [1.54, 1.807) is 23.1 Å². The standard InChI is InChI=1S/C20H19N5S2/c1-14-7-6-8-15(2)19(14)25-20(22-23-24-25)27-13-17-12-26-18(21-17)11-16-9-4-3-5-10-16/h3-10,12H,11,13H2,1-2H3. The third-order valence-electron chi connectivity index (χ3n) is 4.24. The number of thioether (sulfide) groups is 1. The summed E-state index contributed by atoms with van der Waals surface area (Å²) in [5.74, 6) is 0.747. The molecule has 0 fully saturated rings. The summed E-state index contributed by atoms with van der Waals surface area (Å²) >= 11 is 3.31. The Morgan fingerprint density at radius 2 is 1.78 bits per heavy atom. The largest absolute Gasteiger partial charge is 0.245 e. The molecule has 0 aliphatic heterocycles. The normalized spacial score (nSPS) is 11.0. The van der Waals surface area contributed by atoms with Gasteiger partial charge in [0.1, 0.15) is 0 Å². The van der Waals surface area contributed by atoms with Crippen molar-refractivity contribution in [2.45, 2.75) is 31.2 Å². The second-order valence-corrected chi connectivity index (χ2v) is 8.18. The highest BCUT2D eigenvalue weighted by molar-refractivity contribution is 7.98. The number of aryl methyl sites for hydroxylation is 2. The lowest BCUT2D eigenvalue weighted by molar-refractivity contribution is 0.747. The predicted octanol–water partition coefficient (Wildman–Crippen LogP) is 4.62. The number of hydrogen-bond donors (Lipinski definition) is 0. The summed E-state index contributed by atoms with van der Waals surface area (Å²) in [7, 11) is 0. The smallest absolute Gasteiger partial charge is 0.214 e. The summed E-state index contributed by atoms with van der Waals surface area (Å²) in [6.07, 6.45) is 0.871. The lowest BCUT2D eigenvalue weighted by atomic mass is 10.1. The van der Waals surface area contributed by atoms with Gasteiger partial charge in [0.25, 0.3) is 0 Å². The van der Waals surface area contributed by atoms with E-state index in [0.29, 0.717) is 0 Å². The predicted molar refractivity (Wildman–Crippen MR) is 110 cm³/mol. The first kappa shape index (κ1) is 17.9. The maximum atomic E-state index is 4.76. The molecule has 0 saturated heterocycles. The minimum atomic E-state index is 0.747. The van der Waals surface area contributed by atoms with Gasteiger partial charge < -0.3 is 0 Å². The summed E-state index contributed by atoms with van der Waals surface area (Å²) in [5.41, 5.74) is 5.70. The molecular formula is C20H19N5S2. The van der Waals surface area contributed by atoms with Crippen molar-refractivity contribution in [3.05, 3.63) is 81.3 Å². The van der Waals surface area contributed by atoms with Gasteiger partial charge in [-0.15, -0.1) is 16.4 Å². The first-order valence-electron chi connectivity index (χ1n) is 8.65. The number of tetrazole rings is 1. The molecule has 7 heteroatoms. The Hall–Kier alpha value is -2.51. The van der Waals surface area contributed by atoms with E-state index >= 15 is 0 Å². The SMILES string of the molecule is Cc1cccc(C)c1-n1nnnc1SCc1csc(Cc2ccccc2)n1. The molecule has 0 radical (unpaired) electrons. The molecule has 0 spiro atoms. The van der Waals surface area contributed by atoms with E-state index in [1.165, 1.54) is 5.56 Å². The maximum Gasteiger partial charge on any atom is 0.214 e. The molecule has 0 saturated carbocycles. The number of rotatable bonds is 6. The van der Waals surface area contributed by atoms with E-state index in [2.05, 4.69) is 77.2 Å². The Morgan fingerprint density at radius 1 is 1.00 bits per heavy atom. The fourth-order valence-electron chi connectivity index (χ4n) is 2.95. The molecule has 2 aromatic heterocycles. The van der Waals surface area contributed by atoms with Crippen molar-refractivity contribution in [1.29, 1.82) is 0 Å². The molecule has 0 aliphatic carbocycles. The van der Waals surface area contributed by atoms with Crippen molar-refractivity contribution in [3.8, 4) is 5.69 Å². The number of aromatic nitrogens is 5. The fraction of sp³-hybridized carbons (Fsp3) is 0.200. The summed E-state index contributed by atoms with van der Waals surface area (Å²) in [4.78, 5) is 4.76. The van der Waals surface area contributed by atoms with E-state index in [-0.39, 0.29) is 0 Å². The second-order valence-electron chi connectivity index (χ2n) is 6.30. The van der Waals surface area contributed by atoms with Crippen LogP contribution in [0.15, 0.2) is 59.1 Å². The van der Waals surface area contributed by atoms with Gasteiger partial charge in [-0.1, -0.05) is 60.3 Å². The Kier molecular flexibility index (Phi) is 5.31. The molecule has 0 aliphatic rings. The van der Waals surface area contributed by atoms with E-state index < -0.39 is 0 Å². The van der Waals surface area contributed by atoms with Crippen molar-refractivity contribution in [2.24, 2.45) is 0 Å². The van der Waals surface area contributed by atoms with E-state index in [9.17, 15) is 0 Å². The quantitative estimate of drug-likeness (QED) is 0.448. The number of nitrogens with zero attached hydrogens (tertiary/aromatic N) is 5. The highest BCUT2D eigenvalue weighted by Crippen LogP contribution is 2.26. The monoisotopic (exact) mass is 393 g/mol. The lowest BCUT2D eigenvalue weighted by Crippen LogP contribution is -2.04. The van der Waals surface area contributed by atoms with Gasteiger partial charge in [-0.3, -0.25) is 0 Å². The molecular weight excluding hydrogens is 374 g/mol. The van der Waals surface area contributed by atoms with Crippen LogP contribution in [0.25, 0.3) is 5.69 Å². The van der Waals surface area contributed by atoms with Crippen molar-refractivity contribution >= 4 is 23.1 Å². The van der Waals surface area contributed by atoms with Gasteiger partial charge in [-0.25, -0.2) is 4.98 Å². The first-order valence-corrected chi connectivity index (χ1v) is 10.5. The van der Waals surface area contributed by atoms with Crippen LogP contribution in [0.2, 0.25) is 0 Å². The van der Waals surface area contributed by atoms with Crippen LogP contribution in [0, 0.1) is 13.8 Å². The van der Waals surface area contributed by atoms with Gasteiger partial charge in [0.05, 0.1) is 16.4 Å². The van der Waals surface area contributed by atoms with E-state index in [0.717, 1.165) is 44.8 Å². The van der Waals surface area contributed by atoms with Crippen LogP contribution < -0.4 is 0 Å². The first-order chi connectivity index (χ1) is 13.2. The number of thiazole rings is 1. The third-order valence-corrected chi connectivity index (χ3v) is 6.09. The summed E-state index contributed by atoms with van der Waals surface area (Å²) in [6, 6.07) is 16.6. The molecule has 0 amide bonds. The number of hydrogen-bond acceptors (Lipinski definition) is 6. The molecule has 0 atom stereocenters. The van der Waals surface area contributed by atoms with Gasteiger partial charge in [-0.05, 0) is 41.0 Å². The van der Waals surface area contributed by atoms with Crippen LogP contribution in [0.5, 0.6) is 0 Å². The average molecular weight is 394 g/mol. The minimum Gasteiger partial charge on any atom is -0.245 e. The Labute approximate surface area is 166 Å². The molecule has 0 N–H and O–H groups in total. The van der Waals surface area contributed by atoms with E-state index in [1.807, 2.05) is 10.7 Å². The van der Waals surface area contributed by atoms with E-state index in [4.69, 9.17) is 4.98 Å². The Balaban J connectivity index is 1.47. The Bertz CT molecular complexity index is 1020. The zero-order valence-corrected chi connectivity index (χ0v) is 16.8. The molecule has 2 heterocycles. The van der Waals surface area contributed by atoms with Crippen molar-refractivity contribution in [3.63, 3.8) is 0 Å². The molecule has 4 rings (SSSR count). The van der Waals surface area contributed by atoms with Crippen molar-refractivity contribution < 1.29 is 0 Å². The van der Waals surface area contributed by atoms with Crippen LogP contribution in [-0.4, -0.2) is 25.2 Å². The van der Waals surface area contributed by atoms with Crippen molar-refractivity contribution in [2.75, 3.05) is 0 Å². The van der Waals surface area contributed by atoms with Crippen LogP contribution in [-0.2, 0) is 12.2 Å². The van der Waals surface area contributed by atoms with Crippen molar-refractivity contribution in [1.82, 2.24) is 25.2 Å². The average Bonchev–Trinajstić information content (AvgIpc) is 3.30. The van der Waals surface area contributed by atoms with Gasteiger partial charge in [-0.2, -0.15) is 4.68 Å². The molecule has 136 valence electrons. The van der Waals surface area contributed by atoms with Crippen LogP contribution in [0.3, 0.4) is 0 Å². The molecule has 0 bridgehead atoms. The molecule has 2 aromatic carbocycles. The number of benzene rings is 2. The van der Waals surface area contributed by atoms with Gasteiger partial charge in [0, 0.05) is 17.6 Å². The zero-order valence-electron chi connectivity index (χ0n) is 15.2. The summed E-state index contributed by atoms with van der Waals surface area (Å²) < 4.78 is 1.83. The minimum absolute atomic E-state index is 0.747. The zero-order chi connectivity index (χ0) is 18.6. The molecule has 4 aromatic rings. The van der Waals surface area contributed by atoms with Crippen LogP contribution >= 0.6 is 23.1 Å². The maximum absolute atomic E-state index is 4.76. The molecule has 0 unspecified atom stereocenters. The van der Waals surface area contributed by atoms with Gasteiger partial charge >= 0.3 is 0 Å². The highest BCUT2D eigenvalue weighted by atomic mass is 32.2. The topological polar surface area (TPSA) is 56.5 Å².